The standard InChI is InChI=1S/C16H27NO2/c1-5-18-12-16(13(3)4)17-11-14-7-9-15(10-8-14)19-6-2/h7-10,13,16-17H,5-6,11-12H2,1-4H3. The summed E-state index contributed by atoms with van der Waals surface area (Å²) in [6.07, 6.45) is 0. The fourth-order valence-electron chi connectivity index (χ4n) is 1.85. The minimum atomic E-state index is 0.395. The average Bonchev–Trinajstić information content (AvgIpc) is 2.40. The largest absolute Gasteiger partial charge is 0.494 e. The van der Waals surface area contributed by atoms with Crippen LogP contribution in [0.3, 0.4) is 0 Å². The Morgan fingerprint density at radius 1 is 1.05 bits per heavy atom. The van der Waals surface area contributed by atoms with Crippen LogP contribution < -0.4 is 10.1 Å². The van der Waals surface area contributed by atoms with E-state index in [0.717, 1.165) is 25.5 Å². The maximum Gasteiger partial charge on any atom is 0.119 e. The number of nitrogens with one attached hydrogen (secondary N) is 1. The molecular weight excluding hydrogens is 238 g/mol. The van der Waals surface area contributed by atoms with E-state index in [0.29, 0.717) is 18.6 Å². The van der Waals surface area contributed by atoms with E-state index in [1.165, 1.54) is 5.56 Å². The lowest BCUT2D eigenvalue weighted by atomic mass is 10.0. The smallest absolute Gasteiger partial charge is 0.119 e. The summed E-state index contributed by atoms with van der Waals surface area (Å²) in [4.78, 5) is 0. The molecule has 0 aromatic heterocycles. The van der Waals surface area contributed by atoms with Crippen LogP contribution in [0.2, 0.25) is 0 Å². The summed E-state index contributed by atoms with van der Waals surface area (Å²) in [5.74, 6) is 1.50. The summed E-state index contributed by atoms with van der Waals surface area (Å²) in [5.41, 5.74) is 1.27. The molecule has 0 heterocycles. The van der Waals surface area contributed by atoms with Crippen LogP contribution in [0.1, 0.15) is 33.3 Å². The molecule has 0 bridgehead atoms. The second-order valence-electron chi connectivity index (χ2n) is 4.97. The van der Waals surface area contributed by atoms with Crippen molar-refractivity contribution in [2.75, 3.05) is 19.8 Å². The predicted molar refractivity (Wildman–Crippen MR) is 79.6 cm³/mol. The van der Waals surface area contributed by atoms with Gasteiger partial charge in [0.15, 0.2) is 0 Å². The van der Waals surface area contributed by atoms with Gasteiger partial charge in [0, 0.05) is 19.2 Å². The zero-order valence-corrected chi connectivity index (χ0v) is 12.6. The van der Waals surface area contributed by atoms with E-state index >= 15 is 0 Å². The van der Waals surface area contributed by atoms with Gasteiger partial charge >= 0.3 is 0 Å². The minimum absolute atomic E-state index is 0.395. The topological polar surface area (TPSA) is 30.5 Å². The highest BCUT2D eigenvalue weighted by Crippen LogP contribution is 2.12. The van der Waals surface area contributed by atoms with Crippen molar-refractivity contribution in [1.29, 1.82) is 0 Å². The Morgan fingerprint density at radius 3 is 2.26 bits per heavy atom. The van der Waals surface area contributed by atoms with E-state index in [1.54, 1.807) is 0 Å². The average molecular weight is 265 g/mol. The number of benzene rings is 1. The minimum Gasteiger partial charge on any atom is -0.494 e. The van der Waals surface area contributed by atoms with Crippen LogP contribution in [-0.4, -0.2) is 25.9 Å². The van der Waals surface area contributed by atoms with Crippen LogP contribution in [0.4, 0.5) is 0 Å². The third-order valence-corrected chi connectivity index (χ3v) is 3.11. The van der Waals surface area contributed by atoms with Gasteiger partial charge in [0.1, 0.15) is 5.75 Å². The molecular formula is C16H27NO2. The first-order valence-electron chi connectivity index (χ1n) is 7.20. The van der Waals surface area contributed by atoms with Crippen molar-refractivity contribution < 1.29 is 9.47 Å². The third kappa shape index (κ3) is 6.08. The van der Waals surface area contributed by atoms with E-state index in [-0.39, 0.29) is 0 Å². The van der Waals surface area contributed by atoms with Crippen LogP contribution in [-0.2, 0) is 11.3 Å². The summed E-state index contributed by atoms with van der Waals surface area (Å²) >= 11 is 0. The molecule has 0 aliphatic heterocycles. The Bertz CT molecular complexity index is 335. The van der Waals surface area contributed by atoms with Gasteiger partial charge in [-0.1, -0.05) is 26.0 Å². The van der Waals surface area contributed by atoms with Gasteiger partial charge in [-0.2, -0.15) is 0 Å². The van der Waals surface area contributed by atoms with Gasteiger partial charge < -0.3 is 14.8 Å². The van der Waals surface area contributed by atoms with E-state index < -0.39 is 0 Å². The third-order valence-electron chi connectivity index (χ3n) is 3.11. The molecule has 1 rings (SSSR count). The number of ether oxygens (including phenoxy) is 2. The second-order valence-corrected chi connectivity index (χ2v) is 4.97. The zero-order valence-electron chi connectivity index (χ0n) is 12.6. The van der Waals surface area contributed by atoms with Crippen molar-refractivity contribution in [1.82, 2.24) is 5.32 Å². The lowest BCUT2D eigenvalue weighted by Crippen LogP contribution is -2.37. The van der Waals surface area contributed by atoms with E-state index in [9.17, 15) is 0 Å². The Labute approximate surface area is 117 Å². The van der Waals surface area contributed by atoms with Gasteiger partial charge in [-0.3, -0.25) is 0 Å². The molecule has 3 heteroatoms. The van der Waals surface area contributed by atoms with E-state index in [4.69, 9.17) is 9.47 Å². The lowest BCUT2D eigenvalue weighted by Gasteiger charge is -2.22. The molecule has 1 N–H and O–H groups in total. The first-order chi connectivity index (χ1) is 9.17. The van der Waals surface area contributed by atoms with Gasteiger partial charge in [-0.15, -0.1) is 0 Å². The van der Waals surface area contributed by atoms with Crippen LogP contribution >= 0.6 is 0 Å². The quantitative estimate of drug-likeness (QED) is 0.743. The van der Waals surface area contributed by atoms with Crippen molar-refractivity contribution in [3.8, 4) is 5.75 Å². The van der Waals surface area contributed by atoms with E-state index in [2.05, 4.69) is 31.3 Å². The van der Waals surface area contributed by atoms with Crippen molar-refractivity contribution >= 4 is 0 Å². The molecule has 0 amide bonds. The van der Waals surface area contributed by atoms with Crippen molar-refractivity contribution in [2.45, 2.75) is 40.3 Å². The SMILES string of the molecule is CCOCC(NCc1ccc(OCC)cc1)C(C)C. The molecule has 108 valence electrons. The highest BCUT2D eigenvalue weighted by atomic mass is 16.5. The Kier molecular flexibility index (Phi) is 7.53. The highest BCUT2D eigenvalue weighted by molar-refractivity contribution is 5.27. The molecule has 1 unspecified atom stereocenters. The van der Waals surface area contributed by atoms with Crippen LogP contribution in [0, 0.1) is 5.92 Å². The first kappa shape index (κ1) is 16.0. The van der Waals surface area contributed by atoms with Gasteiger partial charge in [0.05, 0.1) is 13.2 Å². The second kappa shape index (κ2) is 8.94. The van der Waals surface area contributed by atoms with Crippen molar-refractivity contribution in [2.24, 2.45) is 5.92 Å². The monoisotopic (exact) mass is 265 g/mol. The highest BCUT2D eigenvalue weighted by Gasteiger charge is 2.12. The van der Waals surface area contributed by atoms with Crippen LogP contribution in [0.5, 0.6) is 5.75 Å². The Morgan fingerprint density at radius 2 is 1.74 bits per heavy atom. The molecule has 1 aromatic carbocycles. The summed E-state index contributed by atoms with van der Waals surface area (Å²) in [5, 5.41) is 3.56. The lowest BCUT2D eigenvalue weighted by molar-refractivity contribution is 0.108. The van der Waals surface area contributed by atoms with Crippen molar-refractivity contribution in [3.05, 3.63) is 29.8 Å². The zero-order chi connectivity index (χ0) is 14.1. The molecule has 0 fully saturated rings. The first-order valence-corrected chi connectivity index (χ1v) is 7.20. The normalized spacial score (nSPS) is 12.7. The van der Waals surface area contributed by atoms with Gasteiger partial charge in [-0.05, 0) is 37.5 Å². The predicted octanol–water partition coefficient (Wildman–Crippen LogP) is 3.24. The number of hydrogen-bond acceptors (Lipinski definition) is 3. The maximum absolute atomic E-state index is 5.51. The molecule has 0 aliphatic rings. The van der Waals surface area contributed by atoms with Gasteiger partial charge in [-0.25, -0.2) is 0 Å². The summed E-state index contributed by atoms with van der Waals surface area (Å²) in [6, 6.07) is 8.65. The molecule has 1 aromatic rings. The molecule has 0 radical (unpaired) electrons. The fourth-order valence-corrected chi connectivity index (χ4v) is 1.85. The molecule has 0 spiro atoms. The van der Waals surface area contributed by atoms with Crippen molar-refractivity contribution in [3.63, 3.8) is 0 Å². The number of rotatable bonds is 9. The molecule has 1 atom stereocenters. The van der Waals surface area contributed by atoms with Gasteiger partial charge in [0.2, 0.25) is 0 Å². The Balaban J connectivity index is 2.44. The fraction of sp³-hybridized carbons (Fsp3) is 0.625. The summed E-state index contributed by atoms with van der Waals surface area (Å²) < 4.78 is 11.0. The van der Waals surface area contributed by atoms with Crippen LogP contribution in [0.25, 0.3) is 0 Å². The molecule has 0 saturated carbocycles. The molecule has 3 nitrogen and oxygen atoms in total. The van der Waals surface area contributed by atoms with Crippen LogP contribution in [0.15, 0.2) is 24.3 Å². The maximum atomic E-state index is 5.51. The Hall–Kier alpha value is -1.06. The molecule has 19 heavy (non-hydrogen) atoms. The molecule has 0 saturated heterocycles. The summed E-state index contributed by atoms with van der Waals surface area (Å²) in [7, 11) is 0. The summed E-state index contributed by atoms with van der Waals surface area (Å²) in [6.45, 7) is 11.6. The molecule has 0 aliphatic carbocycles. The van der Waals surface area contributed by atoms with E-state index in [1.807, 2.05) is 26.0 Å². The van der Waals surface area contributed by atoms with Gasteiger partial charge in [0.25, 0.3) is 0 Å². The number of hydrogen-bond donors (Lipinski definition) is 1.